The van der Waals surface area contributed by atoms with Crippen LogP contribution >= 0.6 is 0 Å². The van der Waals surface area contributed by atoms with Crippen molar-refractivity contribution in [2.75, 3.05) is 20.1 Å². The van der Waals surface area contributed by atoms with Crippen LogP contribution in [0.3, 0.4) is 0 Å². The van der Waals surface area contributed by atoms with E-state index in [1.54, 1.807) is 0 Å². The van der Waals surface area contributed by atoms with E-state index in [-0.39, 0.29) is 0 Å². The van der Waals surface area contributed by atoms with E-state index in [9.17, 15) is 0 Å². The van der Waals surface area contributed by atoms with Gasteiger partial charge < -0.3 is 9.88 Å². The number of aryl methyl sites for hydroxylation is 1. The van der Waals surface area contributed by atoms with Crippen LogP contribution < -0.4 is 5.32 Å². The third kappa shape index (κ3) is 4.10. The summed E-state index contributed by atoms with van der Waals surface area (Å²) in [6.45, 7) is 3.23. The second-order valence-electron chi connectivity index (χ2n) is 5.51. The molecule has 1 aromatic heterocycles. The standard InChI is InChI=1S/C14H26N4/c1-17(12-14-16-9-10-18(14)2)11-13-7-5-3-4-6-8-15-13/h9-10,13,15H,3-8,11-12H2,1-2H3. The van der Waals surface area contributed by atoms with Crippen molar-refractivity contribution in [3.8, 4) is 0 Å². The molecule has 1 saturated heterocycles. The SMILES string of the molecule is CN(Cc1nccn1C)CC1CCCCCCN1. The number of hydrogen-bond donors (Lipinski definition) is 1. The fourth-order valence-electron chi connectivity index (χ4n) is 2.66. The van der Waals surface area contributed by atoms with Crippen molar-refractivity contribution >= 4 is 0 Å². The molecular weight excluding hydrogens is 224 g/mol. The van der Waals surface area contributed by atoms with Gasteiger partial charge in [0.2, 0.25) is 0 Å². The monoisotopic (exact) mass is 250 g/mol. The number of hydrogen-bond acceptors (Lipinski definition) is 3. The lowest BCUT2D eigenvalue weighted by atomic mass is 10.0. The van der Waals surface area contributed by atoms with E-state index in [1.807, 2.05) is 12.4 Å². The first-order valence-corrected chi connectivity index (χ1v) is 7.14. The molecule has 102 valence electrons. The van der Waals surface area contributed by atoms with E-state index in [1.165, 1.54) is 38.6 Å². The lowest BCUT2D eigenvalue weighted by Crippen LogP contribution is -2.40. The van der Waals surface area contributed by atoms with Gasteiger partial charge in [-0.3, -0.25) is 4.90 Å². The summed E-state index contributed by atoms with van der Waals surface area (Å²) in [6.07, 6.45) is 10.7. The third-order valence-corrected chi connectivity index (χ3v) is 3.78. The summed E-state index contributed by atoms with van der Waals surface area (Å²) in [5.74, 6) is 1.14. The van der Waals surface area contributed by atoms with Gasteiger partial charge in [0.15, 0.2) is 0 Å². The first-order valence-electron chi connectivity index (χ1n) is 7.14. The first-order chi connectivity index (χ1) is 8.75. The summed E-state index contributed by atoms with van der Waals surface area (Å²) in [7, 11) is 4.25. The Morgan fingerprint density at radius 2 is 2.22 bits per heavy atom. The van der Waals surface area contributed by atoms with Gasteiger partial charge in [-0.15, -0.1) is 0 Å². The maximum Gasteiger partial charge on any atom is 0.122 e. The van der Waals surface area contributed by atoms with E-state index in [4.69, 9.17) is 0 Å². The van der Waals surface area contributed by atoms with Crippen molar-refractivity contribution in [2.24, 2.45) is 7.05 Å². The van der Waals surface area contributed by atoms with Crippen molar-refractivity contribution < 1.29 is 0 Å². The fraction of sp³-hybridized carbons (Fsp3) is 0.786. The average Bonchev–Trinajstić information content (AvgIpc) is 2.68. The Hall–Kier alpha value is -0.870. The van der Waals surface area contributed by atoms with Crippen molar-refractivity contribution in [2.45, 2.75) is 44.7 Å². The van der Waals surface area contributed by atoms with Crippen molar-refractivity contribution in [1.29, 1.82) is 0 Å². The molecule has 0 radical (unpaired) electrons. The molecular formula is C14H26N4. The normalized spacial score (nSPS) is 21.8. The van der Waals surface area contributed by atoms with Crippen LogP contribution in [0, 0.1) is 0 Å². The van der Waals surface area contributed by atoms with Gasteiger partial charge in [-0.1, -0.05) is 19.3 Å². The summed E-state index contributed by atoms with van der Waals surface area (Å²) >= 11 is 0. The van der Waals surface area contributed by atoms with E-state index in [0.717, 1.165) is 18.9 Å². The molecule has 0 aromatic carbocycles. The van der Waals surface area contributed by atoms with Gasteiger partial charge in [0.1, 0.15) is 5.82 Å². The average molecular weight is 250 g/mol. The molecule has 2 heterocycles. The quantitative estimate of drug-likeness (QED) is 0.884. The Labute approximate surface area is 110 Å². The second kappa shape index (κ2) is 6.90. The van der Waals surface area contributed by atoms with Gasteiger partial charge in [0.25, 0.3) is 0 Å². The zero-order valence-corrected chi connectivity index (χ0v) is 11.7. The minimum absolute atomic E-state index is 0.649. The van der Waals surface area contributed by atoms with Crippen LogP contribution in [-0.4, -0.2) is 40.6 Å². The molecule has 1 atom stereocenters. The van der Waals surface area contributed by atoms with Crippen LogP contribution in [0.5, 0.6) is 0 Å². The Morgan fingerprint density at radius 3 is 3.00 bits per heavy atom. The number of nitrogens with one attached hydrogen (secondary N) is 1. The lowest BCUT2D eigenvalue weighted by Gasteiger charge is -2.26. The molecule has 1 fully saturated rings. The Bertz CT molecular complexity index is 339. The van der Waals surface area contributed by atoms with Crippen LogP contribution in [0.2, 0.25) is 0 Å². The maximum absolute atomic E-state index is 4.38. The van der Waals surface area contributed by atoms with E-state index in [2.05, 4.69) is 33.9 Å². The van der Waals surface area contributed by atoms with Gasteiger partial charge in [0.05, 0.1) is 6.54 Å². The van der Waals surface area contributed by atoms with Crippen LogP contribution in [0.4, 0.5) is 0 Å². The van der Waals surface area contributed by atoms with Gasteiger partial charge in [-0.05, 0) is 26.4 Å². The zero-order valence-electron chi connectivity index (χ0n) is 11.7. The van der Waals surface area contributed by atoms with Gasteiger partial charge in [0, 0.05) is 32.0 Å². The minimum atomic E-state index is 0.649. The molecule has 1 aliphatic heterocycles. The predicted octanol–water partition coefficient (Wildman–Crippen LogP) is 1.77. The molecule has 2 rings (SSSR count). The maximum atomic E-state index is 4.38. The highest BCUT2D eigenvalue weighted by molar-refractivity contribution is 4.91. The highest BCUT2D eigenvalue weighted by Gasteiger charge is 2.13. The Morgan fingerprint density at radius 1 is 1.39 bits per heavy atom. The second-order valence-corrected chi connectivity index (χ2v) is 5.51. The molecule has 0 amide bonds. The molecule has 18 heavy (non-hydrogen) atoms. The van der Waals surface area contributed by atoms with E-state index < -0.39 is 0 Å². The van der Waals surface area contributed by atoms with Crippen LogP contribution in [-0.2, 0) is 13.6 Å². The topological polar surface area (TPSA) is 33.1 Å². The number of likely N-dealkylation sites (N-methyl/N-ethyl adjacent to an activating group) is 1. The first kappa shape index (κ1) is 13.6. The van der Waals surface area contributed by atoms with Gasteiger partial charge in [-0.2, -0.15) is 0 Å². The van der Waals surface area contributed by atoms with Gasteiger partial charge >= 0.3 is 0 Å². The van der Waals surface area contributed by atoms with Crippen LogP contribution in [0.15, 0.2) is 12.4 Å². The van der Waals surface area contributed by atoms with Gasteiger partial charge in [-0.25, -0.2) is 4.98 Å². The molecule has 1 unspecified atom stereocenters. The molecule has 0 saturated carbocycles. The summed E-state index contributed by atoms with van der Waals surface area (Å²) < 4.78 is 2.10. The summed E-state index contributed by atoms with van der Waals surface area (Å²) in [5.41, 5.74) is 0. The number of imidazole rings is 1. The molecule has 1 N–H and O–H groups in total. The molecule has 0 spiro atoms. The summed E-state index contributed by atoms with van der Waals surface area (Å²) in [6, 6.07) is 0.649. The Balaban J connectivity index is 1.78. The van der Waals surface area contributed by atoms with Crippen molar-refractivity contribution in [3.05, 3.63) is 18.2 Å². The molecule has 4 heteroatoms. The van der Waals surface area contributed by atoms with E-state index in [0.29, 0.717) is 6.04 Å². The third-order valence-electron chi connectivity index (χ3n) is 3.78. The lowest BCUT2D eigenvalue weighted by molar-refractivity contribution is 0.258. The van der Waals surface area contributed by atoms with E-state index >= 15 is 0 Å². The number of nitrogens with zero attached hydrogens (tertiary/aromatic N) is 3. The minimum Gasteiger partial charge on any atom is -0.337 e. The summed E-state index contributed by atoms with van der Waals surface area (Å²) in [4.78, 5) is 6.76. The highest BCUT2D eigenvalue weighted by atomic mass is 15.2. The largest absolute Gasteiger partial charge is 0.337 e. The molecule has 1 aromatic rings. The molecule has 0 aliphatic carbocycles. The van der Waals surface area contributed by atoms with Crippen LogP contribution in [0.1, 0.15) is 37.9 Å². The number of rotatable bonds is 4. The Kier molecular flexibility index (Phi) is 5.20. The van der Waals surface area contributed by atoms with Crippen LogP contribution in [0.25, 0.3) is 0 Å². The smallest absolute Gasteiger partial charge is 0.122 e. The molecule has 4 nitrogen and oxygen atoms in total. The zero-order chi connectivity index (χ0) is 12.8. The predicted molar refractivity (Wildman–Crippen MR) is 74.4 cm³/mol. The molecule has 1 aliphatic rings. The summed E-state index contributed by atoms with van der Waals surface area (Å²) in [5, 5.41) is 3.68. The van der Waals surface area contributed by atoms with Crippen molar-refractivity contribution in [3.63, 3.8) is 0 Å². The number of aromatic nitrogens is 2. The highest BCUT2D eigenvalue weighted by Crippen LogP contribution is 2.11. The molecule has 0 bridgehead atoms. The van der Waals surface area contributed by atoms with Crippen molar-refractivity contribution in [1.82, 2.24) is 19.8 Å². The fourth-order valence-corrected chi connectivity index (χ4v) is 2.66.